The molecule has 0 bridgehead atoms. The average Bonchev–Trinajstić information content (AvgIpc) is 3.39. The molecule has 0 aliphatic carbocycles. The third-order valence-corrected chi connectivity index (χ3v) is 10.6. The van der Waals surface area contributed by atoms with E-state index in [9.17, 15) is 29.1 Å². The Kier molecular flexibility index (Phi) is 19.4. The van der Waals surface area contributed by atoms with Crippen molar-refractivity contribution in [2.24, 2.45) is 10.7 Å². The molecule has 0 radical (unpaired) electrons. The van der Waals surface area contributed by atoms with E-state index in [0.717, 1.165) is 16.0 Å². The number of guanidine groups is 1. The highest BCUT2D eigenvalue weighted by atomic mass is 16.6. The van der Waals surface area contributed by atoms with Gasteiger partial charge in [0.2, 0.25) is 11.9 Å². The van der Waals surface area contributed by atoms with Gasteiger partial charge in [-0.25, -0.2) is 19.3 Å². The quantitative estimate of drug-likeness (QED) is 0.0224. The number of nitrogens with zero attached hydrogens (tertiary/aromatic N) is 2. The molecular weight excluding hydrogens is 895 g/mol. The van der Waals surface area contributed by atoms with Gasteiger partial charge in [0, 0.05) is 12.6 Å². The zero-order chi connectivity index (χ0) is 49.5. The van der Waals surface area contributed by atoms with Gasteiger partial charge in [-0.05, 0) is 59.7 Å². The van der Waals surface area contributed by atoms with E-state index in [1.54, 1.807) is 97.1 Å². The molecule has 0 saturated carbocycles. The van der Waals surface area contributed by atoms with Gasteiger partial charge in [0.25, 0.3) is 5.91 Å². The molecule has 70 heavy (non-hydrogen) atoms. The van der Waals surface area contributed by atoms with Crippen LogP contribution in [0.25, 0.3) is 0 Å². The molecule has 0 aliphatic rings. The summed E-state index contributed by atoms with van der Waals surface area (Å²) in [5, 5.41) is 16.0. The van der Waals surface area contributed by atoms with Crippen molar-refractivity contribution in [3.63, 3.8) is 0 Å². The largest absolute Gasteiger partial charge is 0.489 e. The molecule has 0 heterocycles. The van der Waals surface area contributed by atoms with Crippen LogP contribution in [0.4, 0.5) is 9.59 Å². The summed E-state index contributed by atoms with van der Waals surface area (Å²) < 4.78 is 28.5. The molecule has 6 aromatic carbocycles. The third-order valence-electron chi connectivity index (χ3n) is 10.6. The Labute approximate surface area is 406 Å². The number of amides is 4. The van der Waals surface area contributed by atoms with Crippen molar-refractivity contribution >= 4 is 35.9 Å². The van der Waals surface area contributed by atoms with Crippen LogP contribution in [0.15, 0.2) is 175 Å². The molecule has 362 valence electrons. The van der Waals surface area contributed by atoms with E-state index in [4.69, 9.17) is 29.4 Å². The first-order valence-corrected chi connectivity index (χ1v) is 22.5. The van der Waals surface area contributed by atoms with Crippen LogP contribution in [0.3, 0.4) is 0 Å². The van der Waals surface area contributed by atoms with Gasteiger partial charge in [-0.1, -0.05) is 152 Å². The van der Waals surface area contributed by atoms with E-state index < -0.39 is 54.1 Å². The lowest BCUT2D eigenvalue weighted by atomic mass is 10.1. The number of aliphatic hydroxyl groups excluding tert-OH is 1. The molecular formula is C54H55N5O11. The summed E-state index contributed by atoms with van der Waals surface area (Å²) in [5.74, 6) is -2.52. The van der Waals surface area contributed by atoms with Crippen LogP contribution >= 0.6 is 0 Å². The Morgan fingerprint density at radius 3 is 1.59 bits per heavy atom. The van der Waals surface area contributed by atoms with Crippen molar-refractivity contribution in [3.8, 4) is 11.5 Å². The maximum atomic E-state index is 14.4. The molecule has 3 atom stereocenters. The summed E-state index contributed by atoms with van der Waals surface area (Å²) in [4.78, 5) is 73.2. The Hall–Kier alpha value is -8.50. The highest BCUT2D eigenvalue weighted by Gasteiger charge is 2.32. The lowest BCUT2D eigenvalue weighted by Gasteiger charge is -2.26. The van der Waals surface area contributed by atoms with Crippen LogP contribution in [0.5, 0.6) is 11.5 Å². The molecule has 0 fully saturated rings. The SMILES string of the molecule is CC(O)[C@H](NC(=O)[C@H](CCCN(C(=O)OCc1ccccc1)/C(N)=N/C(=O)OCc1ccccc1)NC(=O)c1ccc(OCc2ccccc2)cc1OCc1ccccc1)C(=O)OCc1ccccc1. The molecule has 0 aliphatic heterocycles. The molecule has 4 amide bonds. The predicted molar refractivity (Wildman–Crippen MR) is 260 cm³/mol. The number of benzene rings is 6. The molecule has 1 unspecified atom stereocenters. The lowest BCUT2D eigenvalue weighted by molar-refractivity contribution is -0.152. The predicted octanol–water partition coefficient (Wildman–Crippen LogP) is 7.62. The normalized spacial score (nSPS) is 12.3. The third kappa shape index (κ3) is 16.4. The molecule has 0 spiro atoms. The zero-order valence-electron chi connectivity index (χ0n) is 38.6. The van der Waals surface area contributed by atoms with E-state index in [2.05, 4.69) is 15.6 Å². The van der Waals surface area contributed by atoms with E-state index in [-0.39, 0.29) is 63.7 Å². The minimum absolute atomic E-state index is 0.0478. The van der Waals surface area contributed by atoms with E-state index in [1.807, 2.05) is 66.7 Å². The maximum Gasteiger partial charge on any atom is 0.437 e. The average molecular weight is 950 g/mol. The summed E-state index contributed by atoms with van der Waals surface area (Å²) in [7, 11) is 0. The maximum absolute atomic E-state index is 14.4. The molecule has 6 rings (SSSR count). The Balaban J connectivity index is 1.24. The summed E-state index contributed by atoms with van der Waals surface area (Å²) in [6.45, 7) is 0.988. The van der Waals surface area contributed by atoms with Crippen molar-refractivity contribution in [3.05, 3.63) is 203 Å². The van der Waals surface area contributed by atoms with Crippen LogP contribution in [0.1, 0.15) is 57.9 Å². The summed E-state index contributed by atoms with van der Waals surface area (Å²) >= 11 is 0. The number of aliphatic hydroxyl groups is 1. The number of nitrogens with one attached hydrogen (secondary N) is 2. The number of carbonyl (C=O) groups excluding carboxylic acids is 5. The number of hydrogen-bond donors (Lipinski definition) is 4. The minimum Gasteiger partial charge on any atom is -0.489 e. The number of carbonyl (C=O) groups is 5. The Morgan fingerprint density at radius 2 is 1.07 bits per heavy atom. The number of hydrogen-bond acceptors (Lipinski definition) is 11. The van der Waals surface area contributed by atoms with E-state index >= 15 is 0 Å². The second kappa shape index (κ2) is 26.7. The Morgan fingerprint density at radius 1 is 0.600 bits per heavy atom. The van der Waals surface area contributed by atoms with Gasteiger partial charge >= 0.3 is 18.2 Å². The standard InChI is InChI=1S/C54H55N5O11/c1-38(60)48(51(63)68-35-41-22-11-4-12-23-41)57-50(62)46(56-49(61)45-30-29-44(66-33-39-18-7-2-8-19-39)32-47(45)67-34-40-20-9-3-10-21-40)28-17-31-59(54(65)70-37-43-26-15-6-16-27-43)52(55)58-53(64)69-36-42-24-13-5-14-25-42/h2-16,18-27,29-30,32,38,46,48,60H,17,28,31,33-37H2,1H3,(H,56,61)(H,57,62)(H2,55,58,64)/t38?,46-,48-/m0/s1. The monoisotopic (exact) mass is 949 g/mol. The van der Waals surface area contributed by atoms with Crippen molar-refractivity contribution in [2.75, 3.05) is 6.54 Å². The van der Waals surface area contributed by atoms with Gasteiger partial charge in [-0.3, -0.25) is 9.59 Å². The highest BCUT2D eigenvalue weighted by Crippen LogP contribution is 2.27. The van der Waals surface area contributed by atoms with Gasteiger partial charge in [0.05, 0.1) is 11.7 Å². The number of esters is 1. The molecule has 5 N–H and O–H groups in total. The first kappa shape index (κ1) is 50.9. The second-order valence-corrected chi connectivity index (χ2v) is 15.9. The second-order valence-electron chi connectivity index (χ2n) is 15.9. The van der Waals surface area contributed by atoms with Crippen molar-refractivity contribution < 1.29 is 52.8 Å². The van der Waals surface area contributed by atoms with Crippen LogP contribution in [0.2, 0.25) is 0 Å². The summed E-state index contributed by atoms with van der Waals surface area (Å²) in [6, 6.07) is 47.1. The lowest BCUT2D eigenvalue weighted by Crippen LogP contribution is -2.55. The zero-order valence-corrected chi connectivity index (χ0v) is 38.6. The number of nitrogens with two attached hydrogens (primary N) is 1. The molecule has 16 heteroatoms. The summed E-state index contributed by atoms with van der Waals surface area (Å²) in [5.41, 5.74) is 10.1. The number of ether oxygens (including phenoxy) is 5. The highest BCUT2D eigenvalue weighted by molar-refractivity contribution is 6.00. The van der Waals surface area contributed by atoms with Crippen molar-refractivity contribution in [1.82, 2.24) is 15.5 Å². The van der Waals surface area contributed by atoms with E-state index in [0.29, 0.717) is 22.4 Å². The first-order chi connectivity index (χ1) is 34.0. The topological polar surface area (TPSA) is 217 Å². The van der Waals surface area contributed by atoms with Gasteiger partial charge in [0.1, 0.15) is 50.6 Å². The van der Waals surface area contributed by atoms with Crippen LogP contribution in [-0.4, -0.2) is 70.7 Å². The minimum atomic E-state index is -1.55. The first-order valence-electron chi connectivity index (χ1n) is 22.5. The van der Waals surface area contributed by atoms with Crippen LogP contribution in [0, 0.1) is 0 Å². The number of rotatable bonds is 22. The fraction of sp³-hybridized carbons (Fsp3) is 0.222. The summed E-state index contributed by atoms with van der Waals surface area (Å²) in [6.07, 6.45) is -3.70. The van der Waals surface area contributed by atoms with Crippen LogP contribution < -0.4 is 25.8 Å². The van der Waals surface area contributed by atoms with Gasteiger partial charge in [-0.15, -0.1) is 4.99 Å². The van der Waals surface area contributed by atoms with E-state index in [1.165, 1.54) is 13.0 Å². The smallest absolute Gasteiger partial charge is 0.437 e. The Bertz CT molecular complexity index is 2640. The molecule has 6 aromatic rings. The van der Waals surface area contributed by atoms with Gasteiger partial charge in [0.15, 0.2) is 6.04 Å². The van der Waals surface area contributed by atoms with Crippen molar-refractivity contribution in [1.29, 1.82) is 0 Å². The molecule has 16 nitrogen and oxygen atoms in total. The van der Waals surface area contributed by atoms with Crippen LogP contribution in [-0.2, 0) is 56.8 Å². The van der Waals surface area contributed by atoms with Crippen molar-refractivity contribution in [2.45, 2.75) is 71.0 Å². The number of aliphatic imine (C=N–C) groups is 1. The molecule has 0 aromatic heterocycles. The fourth-order valence-corrected chi connectivity index (χ4v) is 6.78. The van der Waals surface area contributed by atoms with Gasteiger partial charge < -0.3 is 45.2 Å². The fourth-order valence-electron chi connectivity index (χ4n) is 6.78. The van der Waals surface area contributed by atoms with Gasteiger partial charge in [-0.2, -0.15) is 0 Å². The molecule has 0 saturated heterocycles.